The van der Waals surface area contributed by atoms with Crippen LogP contribution in [0.15, 0.2) is 59.5 Å². The minimum atomic E-state index is -0.0441. The first kappa shape index (κ1) is 19.5. The highest BCUT2D eigenvalue weighted by Gasteiger charge is 2.15. The maximum atomic E-state index is 12.5. The van der Waals surface area contributed by atoms with Crippen LogP contribution in [0.25, 0.3) is 15.3 Å². The molecule has 0 atom stereocenters. The predicted octanol–water partition coefficient (Wildman–Crippen LogP) is 4.92. The molecule has 0 fully saturated rings. The number of nitrogens with one attached hydrogen (secondary N) is 1. The van der Waals surface area contributed by atoms with Crippen molar-refractivity contribution in [1.29, 1.82) is 0 Å². The summed E-state index contributed by atoms with van der Waals surface area (Å²) in [6.45, 7) is 1.90. The maximum Gasteiger partial charge on any atom is 0.226 e. The molecule has 0 saturated carbocycles. The molecule has 2 aromatic carbocycles. The lowest BCUT2D eigenvalue weighted by molar-refractivity contribution is -0.115. The van der Waals surface area contributed by atoms with E-state index in [0.29, 0.717) is 23.1 Å². The lowest BCUT2D eigenvalue weighted by Gasteiger charge is -2.06. The van der Waals surface area contributed by atoms with Crippen molar-refractivity contribution in [2.24, 2.45) is 0 Å². The molecule has 6 nitrogen and oxygen atoms in total. The Balaban J connectivity index is 1.47. The van der Waals surface area contributed by atoms with E-state index >= 15 is 0 Å². The summed E-state index contributed by atoms with van der Waals surface area (Å²) in [7, 11) is 1.64. The number of rotatable bonds is 7. The zero-order valence-corrected chi connectivity index (χ0v) is 17.7. The molecule has 0 bridgehead atoms. The molecule has 148 valence electrons. The van der Waals surface area contributed by atoms with E-state index in [9.17, 15) is 4.79 Å². The molecular weight excluding hydrogens is 404 g/mol. The molecule has 2 aromatic heterocycles. The summed E-state index contributed by atoms with van der Waals surface area (Å²) in [6.07, 6.45) is 0.417. The molecule has 0 unspecified atom stereocenters. The van der Waals surface area contributed by atoms with E-state index in [0.717, 1.165) is 26.6 Å². The van der Waals surface area contributed by atoms with E-state index in [4.69, 9.17) is 4.74 Å². The molecule has 8 heteroatoms. The highest BCUT2D eigenvalue weighted by Crippen LogP contribution is 2.30. The van der Waals surface area contributed by atoms with Gasteiger partial charge in [0.1, 0.15) is 11.6 Å². The number of thioether (sulfide) groups is 1. The van der Waals surface area contributed by atoms with Crippen molar-refractivity contribution in [1.82, 2.24) is 14.8 Å². The van der Waals surface area contributed by atoms with Gasteiger partial charge in [-0.05, 0) is 37.3 Å². The zero-order chi connectivity index (χ0) is 20.2. The van der Waals surface area contributed by atoms with E-state index in [1.54, 1.807) is 23.6 Å². The molecule has 4 rings (SSSR count). The van der Waals surface area contributed by atoms with Crippen molar-refractivity contribution in [3.05, 3.63) is 60.3 Å². The number of hydrogen-bond donors (Lipinski definition) is 1. The van der Waals surface area contributed by atoms with E-state index in [2.05, 4.69) is 15.4 Å². The van der Waals surface area contributed by atoms with Crippen molar-refractivity contribution >= 4 is 45.0 Å². The number of anilines is 1. The highest BCUT2D eigenvalue weighted by atomic mass is 32.2. The van der Waals surface area contributed by atoms with E-state index < -0.39 is 0 Å². The Labute approximate surface area is 176 Å². The van der Waals surface area contributed by atoms with Crippen LogP contribution in [0, 0.1) is 6.92 Å². The van der Waals surface area contributed by atoms with Crippen LogP contribution in [-0.2, 0) is 4.79 Å². The first-order valence-electron chi connectivity index (χ1n) is 9.12. The second-order valence-electron chi connectivity index (χ2n) is 6.37. The van der Waals surface area contributed by atoms with Gasteiger partial charge in [0.15, 0.2) is 0 Å². The molecule has 0 radical (unpaired) electrons. The summed E-state index contributed by atoms with van der Waals surface area (Å²) in [5.41, 5.74) is 1.69. The van der Waals surface area contributed by atoms with Crippen LogP contribution < -0.4 is 10.1 Å². The molecule has 0 saturated heterocycles. The largest absolute Gasteiger partial charge is 0.497 e. The topological polar surface area (TPSA) is 69.0 Å². The Morgan fingerprint density at radius 3 is 2.83 bits per heavy atom. The summed E-state index contributed by atoms with van der Waals surface area (Å²) in [5, 5.41) is 8.19. The average Bonchev–Trinajstić information content (AvgIpc) is 3.30. The van der Waals surface area contributed by atoms with Crippen LogP contribution >= 0.6 is 23.1 Å². The van der Waals surface area contributed by atoms with Crippen LogP contribution in [0.5, 0.6) is 5.75 Å². The number of carbonyl (C=O) groups excluding carboxylic acids is 1. The summed E-state index contributed by atoms with van der Waals surface area (Å²) in [6, 6.07) is 17.7. The Kier molecular flexibility index (Phi) is 5.82. The molecule has 2 heterocycles. The Morgan fingerprint density at radius 1 is 1.21 bits per heavy atom. The van der Waals surface area contributed by atoms with E-state index in [-0.39, 0.29) is 5.91 Å². The van der Waals surface area contributed by atoms with E-state index in [1.165, 1.54) is 11.3 Å². The van der Waals surface area contributed by atoms with Gasteiger partial charge in [0, 0.05) is 23.1 Å². The molecular formula is C21H20N4O2S2. The van der Waals surface area contributed by atoms with Gasteiger partial charge < -0.3 is 10.1 Å². The smallest absolute Gasteiger partial charge is 0.226 e. The lowest BCUT2D eigenvalue weighted by Crippen LogP contribution is -2.15. The number of benzene rings is 2. The van der Waals surface area contributed by atoms with E-state index in [1.807, 2.05) is 61.5 Å². The van der Waals surface area contributed by atoms with Crippen LogP contribution in [-0.4, -0.2) is 33.5 Å². The number of aromatic nitrogens is 3. The second-order valence-corrected chi connectivity index (χ2v) is 8.55. The van der Waals surface area contributed by atoms with Crippen molar-refractivity contribution in [3.8, 4) is 10.9 Å². The number of amides is 1. The number of aryl methyl sites for hydroxylation is 1. The molecule has 1 N–H and O–H groups in total. The van der Waals surface area contributed by atoms with Gasteiger partial charge in [0.2, 0.25) is 11.0 Å². The van der Waals surface area contributed by atoms with Crippen LogP contribution in [0.1, 0.15) is 12.1 Å². The fourth-order valence-electron chi connectivity index (χ4n) is 2.83. The fraction of sp³-hybridized carbons (Fsp3) is 0.190. The first-order valence-corrected chi connectivity index (χ1v) is 10.9. The quantitative estimate of drug-likeness (QED) is 0.427. The molecule has 0 aliphatic rings. The van der Waals surface area contributed by atoms with Crippen molar-refractivity contribution in [3.63, 3.8) is 0 Å². The SMILES string of the molecule is COc1ccc2nc(-n3nc(C)cc3NC(=O)CCSc3ccccc3)sc2c1. The van der Waals surface area contributed by atoms with Gasteiger partial charge >= 0.3 is 0 Å². The number of hydrogen-bond acceptors (Lipinski definition) is 6. The summed E-state index contributed by atoms with van der Waals surface area (Å²) < 4.78 is 7.98. The van der Waals surface area contributed by atoms with Crippen LogP contribution in [0.2, 0.25) is 0 Å². The Bertz CT molecular complexity index is 1140. The second kappa shape index (κ2) is 8.67. The number of carbonyl (C=O) groups is 1. The summed E-state index contributed by atoms with van der Waals surface area (Å²) in [4.78, 5) is 18.3. The lowest BCUT2D eigenvalue weighted by atomic mass is 10.3. The Morgan fingerprint density at radius 2 is 2.03 bits per heavy atom. The summed E-state index contributed by atoms with van der Waals surface area (Å²) >= 11 is 3.17. The van der Waals surface area contributed by atoms with Gasteiger partial charge in [-0.2, -0.15) is 9.78 Å². The third-order valence-corrected chi connectivity index (χ3v) is 6.21. The minimum Gasteiger partial charge on any atom is -0.497 e. The first-order chi connectivity index (χ1) is 14.1. The number of nitrogens with zero attached hydrogens (tertiary/aromatic N) is 3. The minimum absolute atomic E-state index is 0.0441. The third-order valence-electron chi connectivity index (χ3n) is 4.21. The van der Waals surface area contributed by atoms with Crippen molar-refractivity contribution < 1.29 is 9.53 Å². The monoisotopic (exact) mass is 424 g/mol. The van der Waals surface area contributed by atoms with Crippen LogP contribution in [0.3, 0.4) is 0 Å². The molecule has 4 aromatic rings. The third kappa shape index (κ3) is 4.60. The normalized spacial score (nSPS) is 11.0. The number of ether oxygens (including phenoxy) is 1. The number of fused-ring (bicyclic) bond motifs is 1. The van der Waals surface area contributed by atoms with Gasteiger partial charge in [0.25, 0.3) is 0 Å². The highest BCUT2D eigenvalue weighted by molar-refractivity contribution is 7.99. The van der Waals surface area contributed by atoms with Gasteiger partial charge in [-0.15, -0.1) is 11.8 Å². The number of methoxy groups -OCH3 is 1. The standard InChI is InChI=1S/C21H20N4O2S2/c1-14-12-19(23-20(26)10-11-28-16-6-4-3-5-7-16)25(24-14)21-22-17-9-8-15(27-2)13-18(17)29-21/h3-9,12-13H,10-11H2,1-2H3,(H,23,26). The molecule has 0 spiro atoms. The average molecular weight is 425 g/mol. The molecule has 29 heavy (non-hydrogen) atoms. The predicted molar refractivity (Wildman–Crippen MR) is 118 cm³/mol. The van der Waals surface area contributed by atoms with Gasteiger partial charge in [-0.3, -0.25) is 4.79 Å². The Hall–Kier alpha value is -2.84. The van der Waals surface area contributed by atoms with Gasteiger partial charge in [-0.1, -0.05) is 29.5 Å². The zero-order valence-electron chi connectivity index (χ0n) is 16.1. The summed E-state index contributed by atoms with van der Waals surface area (Å²) in [5.74, 6) is 2.08. The fourth-order valence-corrected chi connectivity index (χ4v) is 4.66. The maximum absolute atomic E-state index is 12.5. The van der Waals surface area contributed by atoms with Gasteiger partial charge in [-0.25, -0.2) is 4.98 Å². The van der Waals surface area contributed by atoms with Crippen LogP contribution in [0.4, 0.5) is 5.82 Å². The molecule has 0 aliphatic heterocycles. The molecule has 0 aliphatic carbocycles. The van der Waals surface area contributed by atoms with Crippen molar-refractivity contribution in [2.45, 2.75) is 18.2 Å². The molecule has 1 amide bonds. The number of thiazole rings is 1. The van der Waals surface area contributed by atoms with Gasteiger partial charge in [0.05, 0.1) is 23.0 Å². The van der Waals surface area contributed by atoms with Crippen molar-refractivity contribution in [2.75, 3.05) is 18.2 Å².